The molecule has 0 saturated carbocycles. The van der Waals surface area contributed by atoms with E-state index in [2.05, 4.69) is 26.2 Å². The van der Waals surface area contributed by atoms with Crippen molar-refractivity contribution < 1.29 is 4.42 Å². The van der Waals surface area contributed by atoms with Crippen LogP contribution in [0, 0.1) is 0 Å². The first-order chi connectivity index (χ1) is 12.7. The van der Waals surface area contributed by atoms with Gasteiger partial charge in [0.1, 0.15) is 11.4 Å². The zero-order chi connectivity index (χ0) is 17.9. The molecule has 0 spiro atoms. The van der Waals surface area contributed by atoms with Gasteiger partial charge in [-0.1, -0.05) is 30.3 Å². The van der Waals surface area contributed by atoms with Crippen LogP contribution in [0.3, 0.4) is 0 Å². The van der Waals surface area contributed by atoms with E-state index in [1.807, 2.05) is 54.6 Å². The summed E-state index contributed by atoms with van der Waals surface area (Å²) in [5.74, 6) is 0.817. The van der Waals surface area contributed by atoms with Gasteiger partial charge in [-0.05, 0) is 45.8 Å². The first-order valence-corrected chi connectivity index (χ1v) is 8.99. The van der Waals surface area contributed by atoms with Gasteiger partial charge >= 0.3 is 0 Å². The van der Waals surface area contributed by atoms with E-state index >= 15 is 0 Å². The highest BCUT2D eigenvalue weighted by molar-refractivity contribution is 9.10. The van der Waals surface area contributed by atoms with E-state index in [9.17, 15) is 4.79 Å². The van der Waals surface area contributed by atoms with E-state index in [0.717, 1.165) is 15.8 Å². The van der Waals surface area contributed by atoms with Crippen molar-refractivity contribution >= 4 is 21.6 Å². The van der Waals surface area contributed by atoms with Crippen molar-refractivity contribution in [2.24, 2.45) is 0 Å². The summed E-state index contributed by atoms with van der Waals surface area (Å²) in [6, 6.07) is 19.0. The summed E-state index contributed by atoms with van der Waals surface area (Å²) in [6.07, 6.45) is 3.38. The van der Waals surface area contributed by atoms with Crippen LogP contribution in [0.1, 0.15) is 23.1 Å². The summed E-state index contributed by atoms with van der Waals surface area (Å²) in [6.45, 7) is 0.446. The molecule has 6 heteroatoms. The number of hydrogen-bond donors (Lipinski definition) is 1. The molecular weight excluding hydrogens is 394 g/mol. The van der Waals surface area contributed by atoms with Gasteiger partial charge in [0.05, 0.1) is 18.0 Å². The van der Waals surface area contributed by atoms with Crippen molar-refractivity contribution in [1.82, 2.24) is 14.7 Å². The van der Waals surface area contributed by atoms with E-state index < -0.39 is 0 Å². The number of halogens is 1. The third kappa shape index (κ3) is 3.47. The van der Waals surface area contributed by atoms with Crippen LogP contribution in [0.5, 0.6) is 0 Å². The number of pyridine rings is 1. The number of nitrogens with zero attached hydrogens (tertiary/aromatic N) is 2. The number of fused-ring (bicyclic) bond motifs is 1. The minimum atomic E-state index is -0.114. The summed E-state index contributed by atoms with van der Waals surface area (Å²) in [5.41, 5.74) is 2.28. The number of rotatable bonds is 5. The Morgan fingerprint density at radius 3 is 2.73 bits per heavy atom. The molecule has 0 amide bonds. The zero-order valence-corrected chi connectivity index (χ0v) is 15.4. The number of hydrogen-bond acceptors (Lipinski definition) is 4. The molecule has 26 heavy (non-hydrogen) atoms. The van der Waals surface area contributed by atoms with Crippen LogP contribution < -0.4 is 10.9 Å². The van der Waals surface area contributed by atoms with Gasteiger partial charge in [0.15, 0.2) is 0 Å². The maximum Gasteiger partial charge on any atom is 0.258 e. The number of aromatic nitrogens is 2. The van der Waals surface area contributed by atoms with Crippen LogP contribution in [-0.2, 0) is 6.54 Å². The molecular formula is C20H16BrN3O2. The lowest BCUT2D eigenvalue weighted by atomic mass is 10.0. The molecule has 3 heterocycles. The fourth-order valence-corrected chi connectivity index (χ4v) is 3.24. The van der Waals surface area contributed by atoms with Crippen molar-refractivity contribution in [2.75, 3.05) is 0 Å². The fourth-order valence-electron chi connectivity index (χ4n) is 2.91. The Kier molecular flexibility index (Phi) is 4.69. The number of nitrogens with one attached hydrogen (secondary N) is 1. The monoisotopic (exact) mass is 409 g/mol. The highest BCUT2D eigenvalue weighted by Gasteiger charge is 2.16. The highest BCUT2D eigenvalue weighted by Crippen LogP contribution is 2.22. The zero-order valence-electron chi connectivity index (χ0n) is 13.8. The smallest absolute Gasteiger partial charge is 0.258 e. The van der Waals surface area contributed by atoms with E-state index in [-0.39, 0.29) is 11.6 Å². The van der Waals surface area contributed by atoms with Crippen molar-refractivity contribution in [3.05, 3.63) is 105 Å². The molecule has 4 aromatic rings. The SMILES string of the molecule is O=c1cc(CN[C@@H](c2ccccc2)c2ccco2)nc2ccc(Br)cn12. The van der Waals surface area contributed by atoms with E-state index in [1.54, 1.807) is 18.5 Å². The summed E-state index contributed by atoms with van der Waals surface area (Å²) in [4.78, 5) is 16.9. The van der Waals surface area contributed by atoms with Gasteiger partial charge in [0, 0.05) is 23.3 Å². The van der Waals surface area contributed by atoms with Crippen molar-refractivity contribution in [1.29, 1.82) is 0 Å². The van der Waals surface area contributed by atoms with E-state index in [1.165, 1.54) is 4.40 Å². The summed E-state index contributed by atoms with van der Waals surface area (Å²) in [5, 5.41) is 3.44. The predicted octanol–water partition coefficient (Wildman–Crippen LogP) is 3.93. The molecule has 0 aliphatic heterocycles. The standard InChI is InChI=1S/C20H16BrN3O2/c21-15-8-9-18-23-16(11-19(25)24(18)13-15)12-22-20(17-7-4-10-26-17)14-5-2-1-3-6-14/h1-11,13,20,22H,12H2/t20-/m0/s1. The number of benzene rings is 1. The van der Waals surface area contributed by atoms with Crippen molar-refractivity contribution in [3.63, 3.8) is 0 Å². The molecule has 1 atom stereocenters. The molecule has 0 radical (unpaired) electrons. The lowest BCUT2D eigenvalue weighted by Gasteiger charge is -2.17. The topological polar surface area (TPSA) is 59.5 Å². The Hall–Kier alpha value is -2.70. The van der Waals surface area contributed by atoms with Crippen LogP contribution in [0.4, 0.5) is 0 Å². The van der Waals surface area contributed by atoms with Gasteiger partial charge in [-0.2, -0.15) is 0 Å². The normalized spacial score (nSPS) is 12.3. The first-order valence-electron chi connectivity index (χ1n) is 8.20. The second-order valence-corrected chi connectivity index (χ2v) is 6.82. The Morgan fingerprint density at radius 1 is 1.12 bits per heavy atom. The second kappa shape index (κ2) is 7.27. The van der Waals surface area contributed by atoms with Crippen LogP contribution in [0.15, 0.2) is 86.8 Å². The van der Waals surface area contributed by atoms with Gasteiger partial charge in [0.25, 0.3) is 5.56 Å². The lowest BCUT2D eigenvalue weighted by molar-refractivity contribution is 0.444. The molecule has 0 bridgehead atoms. The molecule has 5 nitrogen and oxygen atoms in total. The minimum absolute atomic E-state index is 0.109. The molecule has 1 N–H and O–H groups in total. The van der Waals surface area contributed by atoms with Crippen LogP contribution in [0.2, 0.25) is 0 Å². The molecule has 0 aliphatic rings. The molecule has 0 unspecified atom stereocenters. The van der Waals surface area contributed by atoms with Crippen LogP contribution in [-0.4, -0.2) is 9.38 Å². The summed E-state index contributed by atoms with van der Waals surface area (Å²) in [7, 11) is 0. The molecule has 130 valence electrons. The molecule has 0 fully saturated rings. The molecule has 3 aromatic heterocycles. The van der Waals surface area contributed by atoms with Gasteiger partial charge < -0.3 is 4.42 Å². The molecule has 1 aromatic carbocycles. The quantitative estimate of drug-likeness (QED) is 0.542. The van der Waals surface area contributed by atoms with Gasteiger partial charge in [-0.3, -0.25) is 14.5 Å². The van der Waals surface area contributed by atoms with Gasteiger partial charge in [0.2, 0.25) is 0 Å². The Labute approximate surface area is 158 Å². The van der Waals surface area contributed by atoms with E-state index in [4.69, 9.17) is 4.42 Å². The number of furan rings is 1. The molecule has 0 aliphatic carbocycles. The maximum absolute atomic E-state index is 12.4. The Morgan fingerprint density at radius 2 is 1.96 bits per heavy atom. The van der Waals surface area contributed by atoms with Gasteiger partial charge in [-0.25, -0.2) is 4.98 Å². The van der Waals surface area contributed by atoms with Crippen molar-refractivity contribution in [2.45, 2.75) is 12.6 Å². The fraction of sp³-hybridized carbons (Fsp3) is 0.100. The summed E-state index contributed by atoms with van der Waals surface area (Å²) < 4.78 is 7.95. The van der Waals surface area contributed by atoms with Crippen molar-refractivity contribution in [3.8, 4) is 0 Å². The maximum atomic E-state index is 12.4. The molecule has 4 rings (SSSR count). The Bertz CT molecular complexity index is 1080. The Balaban J connectivity index is 1.63. The molecule has 0 saturated heterocycles. The van der Waals surface area contributed by atoms with Crippen LogP contribution in [0.25, 0.3) is 5.65 Å². The minimum Gasteiger partial charge on any atom is -0.467 e. The second-order valence-electron chi connectivity index (χ2n) is 5.90. The first kappa shape index (κ1) is 16.8. The third-order valence-electron chi connectivity index (χ3n) is 4.12. The van der Waals surface area contributed by atoms with E-state index in [0.29, 0.717) is 17.9 Å². The largest absolute Gasteiger partial charge is 0.467 e. The average molecular weight is 410 g/mol. The third-order valence-corrected chi connectivity index (χ3v) is 4.59. The predicted molar refractivity (Wildman–Crippen MR) is 103 cm³/mol. The lowest BCUT2D eigenvalue weighted by Crippen LogP contribution is -2.24. The average Bonchev–Trinajstić information content (AvgIpc) is 3.18. The summed E-state index contributed by atoms with van der Waals surface area (Å²) >= 11 is 3.37. The van der Waals surface area contributed by atoms with Gasteiger partial charge in [-0.15, -0.1) is 0 Å². The van der Waals surface area contributed by atoms with Crippen LogP contribution >= 0.6 is 15.9 Å². The highest BCUT2D eigenvalue weighted by atomic mass is 79.9.